The molecule has 1 aliphatic carbocycles. The first kappa shape index (κ1) is 13.4. The van der Waals surface area contributed by atoms with Crippen molar-refractivity contribution in [3.63, 3.8) is 0 Å². The molecule has 106 valence electrons. The molecular weight excluding hydrogens is 248 g/mol. The van der Waals surface area contributed by atoms with Crippen LogP contribution in [0.2, 0.25) is 0 Å². The normalized spacial score (nSPS) is 15.9. The fraction of sp³-hybridized carbons (Fsp3) is 0.471. The van der Waals surface area contributed by atoms with Crippen LogP contribution in [-0.2, 0) is 6.61 Å². The predicted octanol–water partition coefficient (Wildman–Crippen LogP) is 3.50. The Morgan fingerprint density at radius 2 is 2.00 bits per heavy atom. The molecule has 1 N–H and O–H groups in total. The smallest absolute Gasteiger partial charge is 0.0854 e. The molecule has 1 aromatic carbocycles. The Morgan fingerprint density at radius 3 is 2.70 bits per heavy atom. The fourth-order valence-corrected chi connectivity index (χ4v) is 3.37. The van der Waals surface area contributed by atoms with Crippen molar-refractivity contribution in [3.8, 4) is 0 Å². The summed E-state index contributed by atoms with van der Waals surface area (Å²) >= 11 is 0. The third-order valence-electron chi connectivity index (χ3n) is 4.32. The van der Waals surface area contributed by atoms with Crippen molar-refractivity contribution in [1.82, 2.24) is 4.98 Å². The van der Waals surface area contributed by atoms with E-state index < -0.39 is 0 Å². The second kappa shape index (κ2) is 5.80. The van der Waals surface area contributed by atoms with Crippen molar-refractivity contribution >= 4 is 16.6 Å². The van der Waals surface area contributed by atoms with Crippen LogP contribution in [0.1, 0.15) is 38.3 Å². The van der Waals surface area contributed by atoms with E-state index in [-0.39, 0.29) is 6.61 Å². The van der Waals surface area contributed by atoms with E-state index in [1.54, 1.807) is 0 Å². The molecule has 0 radical (unpaired) electrons. The summed E-state index contributed by atoms with van der Waals surface area (Å²) in [6.07, 6.45) is 5.21. The fourth-order valence-electron chi connectivity index (χ4n) is 3.37. The average molecular weight is 270 g/mol. The summed E-state index contributed by atoms with van der Waals surface area (Å²) in [6.45, 7) is 3.22. The first-order valence-electron chi connectivity index (χ1n) is 7.59. The lowest BCUT2D eigenvalue weighted by Gasteiger charge is -2.31. The van der Waals surface area contributed by atoms with Crippen molar-refractivity contribution < 1.29 is 5.11 Å². The highest BCUT2D eigenvalue weighted by Gasteiger charge is 2.23. The molecule has 0 spiro atoms. The van der Waals surface area contributed by atoms with Gasteiger partial charge in [0.25, 0.3) is 0 Å². The molecule has 0 amide bonds. The topological polar surface area (TPSA) is 36.4 Å². The van der Waals surface area contributed by atoms with Crippen molar-refractivity contribution in [3.05, 3.63) is 36.0 Å². The number of benzene rings is 1. The van der Waals surface area contributed by atoms with Crippen LogP contribution in [-0.4, -0.2) is 22.7 Å². The van der Waals surface area contributed by atoms with E-state index in [4.69, 9.17) is 0 Å². The Bertz CT molecular complexity index is 591. The number of aromatic nitrogens is 1. The van der Waals surface area contributed by atoms with Crippen LogP contribution in [0.15, 0.2) is 30.3 Å². The Kier molecular flexibility index (Phi) is 3.88. The van der Waals surface area contributed by atoms with Gasteiger partial charge in [-0.2, -0.15) is 0 Å². The molecule has 2 aromatic rings. The summed E-state index contributed by atoms with van der Waals surface area (Å²) in [6, 6.07) is 10.9. The number of para-hydroxylation sites is 1. The van der Waals surface area contributed by atoms with Gasteiger partial charge in [-0.25, -0.2) is 0 Å². The van der Waals surface area contributed by atoms with E-state index in [0.29, 0.717) is 6.04 Å². The van der Waals surface area contributed by atoms with Gasteiger partial charge in [-0.1, -0.05) is 31.0 Å². The standard InChI is InChI=1S/C17H22N2O/c1-2-19(14-7-3-4-8-14)17-11-13(12-20)18-16-10-6-5-9-15(16)17/h5-6,9-11,14,20H,2-4,7-8,12H2,1H3. The molecule has 1 heterocycles. The summed E-state index contributed by atoms with van der Waals surface area (Å²) in [5.74, 6) is 0. The quantitative estimate of drug-likeness (QED) is 0.923. The monoisotopic (exact) mass is 270 g/mol. The lowest BCUT2D eigenvalue weighted by molar-refractivity contribution is 0.277. The molecule has 0 aliphatic heterocycles. The van der Waals surface area contributed by atoms with Crippen molar-refractivity contribution in [2.75, 3.05) is 11.4 Å². The van der Waals surface area contributed by atoms with Crippen molar-refractivity contribution in [2.45, 2.75) is 45.3 Å². The van der Waals surface area contributed by atoms with Crippen LogP contribution < -0.4 is 4.90 Å². The average Bonchev–Trinajstić information content (AvgIpc) is 3.02. The van der Waals surface area contributed by atoms with Gasteiger partial charge in [-0.05, 0) is 31.9 Å². The molecule has 3 nitrogen and oxygen atoms in total. The first-order chi connectivity index (χ1) is 9.83. The SMILES string of the molecule is CCN(c1cc(CO)nc2ccccc12)C1CCCC1. The number of pyridine rings is 1. The summed E-state index contributed by atoms with van der Waals surface area (Å²) in [5, 5.41) is 10.7. The highest BCUT2D eigenvalue weighted by molar-refractivity contribution is 5.92. The molecule has 1 saturated carbocycles. The van der Waals surface area contributed by atoms with Crippen LogP contribution in [0.5, 0.6) is 0 Å². The van der Waals surface area contributed by atoms with E-state index in [2.05, 4.69) is 35.0 Å². The summed E-state index contributed by atoms with van der Waals surface area (Å²) in [7, 11) is 0. The lowest BCUT2D eigenvalue weighted by Crippen LogP contribution is -2.33. The zero-order valence-corrected chi connectivity index (χ0v) is 12.0. The molecule has 0 unspecified atom stereocenters. The summed E-state index contributed by atoms with van der Waals surface area (Å²) in [5.41, 5.74) is 2.97. The van der Waals surface area contributed by atoms with Crippen LogP contribution >= 0.6 is 0 Å². The Hall–Kier alpha value is -1.61. The zero-order valence-electron chi connectivity index (χ0n) is 12.0. The van der Waals surface area contributed by atoms with Crippen LogP contribution in [0, 0.1) is 0 Å². The number of aliphatic hydroxyl groups is 1. The van der Waals surface area contributed by atoms with Crippen molar-refractivity contribution in [1.29, 1.82) is 0 Å². The number of nitrogens with zero attached hydrogens (tertiary/aromatic N) is 2. The molecule has 1 aliphatic rings. The lowest BCUT2D eigenvalue weighted by atomic mass is 10.1. The number of hydrogen-bond acceptors (Lipinski definition) is 3. The van der Waals surface area contributed by atoms with E-state index in [1.165, 1.54) is 36.8 Å². The van der Waals surface area contributed by atoms with Gasteiger partial charge in [0, 0.05) is 23.7 Å². The molecule has 20 heavy (non-hydrogen) atoms. The zero-order chi connectivity index (χ0) is 13.9. The van der Waals surface area contributed by atoms with Crippen LogP contribution in [0.25, 0.3) is 10.9 Å². The summed E-state index contributed by atoms with van der Waals surface area (Å²) in [4.78, 5) is 7.02. The van der Waals surface area contributed by atoms with Crippen LogP contribution in [0.4, 0.5) is 5.69 Å². The van der Waals surface area contributed by atoms with Gasteiger partial charge in [0.05, 0.1) is 17.8 Å². The number of aliphatic hydroxyl groups excluding tert-OH is 1. The minimum atomic E-state index is 0.0000548. The Balaban J connectivity index is 2.11. The molecule has 3 rings (SSSR count). The number of fused-ring (bicyclic) bond motifs is 1. The number of rotatable bonds is 4. The Labute approximate surface area is 120 Å². The molecule has 0 bridgehead atoms. The maximum atomic E-state index is 9.46. The van der Waals surface area contributed by atoms with Gasteiger partial charge in [-0.3, -0.25) is 4.98 Å². The second-order valence-electron chi connectivity index (χ2n) is 5.53. The maximum Gasteiger partial charge on any atom is 0.0854 e. The first-order valence-corrected chi connectivity index (χ1v) is 7.59. The van der Waals surface area contributed by atoms with E-state index in [9.17, 15) is 5.11 Å². The van der Waals surface area contributed by atoms with Gasteiger partial charge < -0.3 is 10.0 Å². The highest BCUT2D eigenvalue weighted by atomic mass is 16.3. The molecule has 0 saturated heterocycles. The highest BCUT2D eigenvalue weighted by Crippen LogP contribution is 2.33. The van der Waals surface area contributed by atoms with E-state index in [0.717, 1.165) is 17.8 Å². The number of anilines is 1. The Morgan fingerprint density at radius 1 is 1.25 bits per heavy atom. The van der Waals surface area contributed by atoms with Gasteiger partial charge in [-0.15, -0.1) is 0 Å². The maximum absolute atomic E-state index is 9.46. The molecule has 3 heteroatoms. The van der Waals surface area contributed by atoms with Gasteiger partial charge in [0.1, 0.15) is 0 Å². The minimum Gasteiger partial charge on any atom is -0.390 e. The van der Waals surface area contributed by atoms with E-state index in [1.807, 2.05) is 12.1 Å². The van der Waals surface area contributed by atoms with Gasteiger partial charge >= 0.3 is 0 Å². The van der Waals surface area contributed by atoms with Gasteiger partial charge in [0.15, 0.2) is 0 Å². The largest absolute Gasteiger partial charge is 0.390 e. The minimum absolute atomic E-state index is 0.0000548. The summed E-state index contributed by atoms with van der Waals surface area (Å²) < 4.78 is 0. The molecular formula is C17H22N2O. The third kappa shape index (κ3) is 2.38. The predicted molar refractivity (Wildman–Crippen MR) is 82.9 cm³/mol. The second-order valence-corrected chi connectivity index (χ2v) is 5.53. The number of hydrogen-bond donors (Lipinski definition) is 1. The van der Waals surface area contributed by atoms with E-state index >= 15 is 0 Å². The van der Waals surface area contributed by atoms with Gasteiger partial charge in [0.2, 0.25) is 0 Å². The van der Waals surface area contributed by atoms with Crippen LogP contribution in [0.3, 0.4) is 0 Å². The van der Waals surface area contributed by atoms with Crippen molar-refractivity contribution in [2.24, 2.45) is 0 Å². The molecule has 1 aromatic heterocycles. The third-order valence-corrected chi connectivity index (χ3v) is 4.32. The molecule has 1 fully saturated rings. The molecule has 0 atom stereocenters.